The van der Waals surface area contributed by atoms with E-state index in [0.29, 0.717) is 0 Å². The smallest absolute Gasteiger partial charge is 0.0593 e. The Bertz CT molecular complexity index is 682. The molecule has 0 aliphatic rings. The molecule has 108 valence electrons. The SMILES string of the molecule is CCc1ccc(CC(NN)c2cc3ccccc3s2)cc1. The number of hydrogen-bond donors (Lipinski definition) is 2. The highest BCUT2D eigenvalue weighted by Gasteiger charge is 2.13. The van der Waals surface area contributed by atoms with Gasteiger partial charge in [-0.05, 0) is 41.5 Å². The highest BCUT2D eigenvalue weighted by Crippen LogP contribution is 2.31. The molecule has 1 atom stereocenters. The van der Waals surface area contributed by atoms with Crippen molar-refractivity contribution in [3.05, 3.63) is 70.6 Å². The Balaban J connectivity index is 1.83. The summed E-state index contributed by atoms with van der Waals surface area (Å²) < 4.78 is 1.31. The molecular formula is C18H20N2S. The molecule has 0 aliphatic carbocycles. The fraction of sp³-hybridized carbons (Fsp3) is 0.222. The largest absolute Gasteiger partial charge is 0.271 e. The van der Waals surface area contributed by atoms with Gasteiger partial charge in [-0.15, -0.1) is 11.3 Å². The zero-order chi connectivity index (χ0) is 14.7. The van der Waals surface area contributed by atoms with Gasteiger partial charge in [-0.2, -0.15) is 0 Å². The lowest BCUT2D eigenvalue weighted by atomic mass is 10.0. The molecule has 2 nitrogen and oxygen atoms in total. The van der Waals surface area contributed by atoms with E-state index in [0.717, 1.165) is 12.8 Å². The second-order valence-electron chi connectivity index (χ2n) is 5.28. The highest BCUT2D eigenvalue weighted by molar-refractivity contribution is 7.19. The summed E-state index contributed by atoms with van der Waals surface area (Å²) in [5.74, 6) is 5.79. The maximum Gasteiger partial charge on any atom is 0.0593 e. The van der Waals surface area contributed by atoms with Gasteiger partial charge in [-0.25, -0.2) is 0 Å². The topological polar surface area (TPSA) is 38.0 Å². The molecule has 1 aromatic heterocycles. The first-order chi connectivity index (χ1) is 10.3. The van der Waals surface area contributed by atoms with Crippen molar-refractivity contribution in [2.24, 2.45) is 5.84 Å². The Labute approximate surface area is 129 Å². The predicted octanol–water partition coefficient (Wildman–Crippen LogP) is 4.21. The van der Waals surface area contributed by atoms with Gasteiger partial charge in [0.1, 0.15) is 0 Å². The molecule has 3 rings (SSSR count). The van der Waals surface area contributed by atoms with Gasteiger partial charge >= 0.3 is 0 Å². The Morgan fingerprint density at radius 2 is 1.76 bits per heavy atom. The van der Waals surface area contributed by atoms with Crippen molar-refractivity contribution >= 4 is 21.4 Å². The van der Waals surface area contributed by atoms with Crippen molar-refractivity contribution in [1.82, 2.24) is 5.43 Å². The zero-order valence-corrected chi connectivity index (χ0v) is 13.0. The van der Waals surface area contributed by atoms with Crippen LogP contribution in [-0.4, -0.2) is 0 Å². The second kappa shape index (κ2) is 6.39. The third-order valence-electron chi connectivity index (χ3n) is 3.86. The number of fused-ring (bicyclic) bond motifs is 1. The average molecular weight is 296 g/mol. The number of hydrazine groups is 1. The number of thiophene rings is 1. The standard InChI is InChI=1S/C18H20N2S/c1-2-13-7-9-14(10-8-13)11-16(20-19)18-12-15-5-3-4-6-17(15)21-18/h3-10,12,16,20H,2,11,19H2,1H3. The Morgan fingerprint density at radius 1 is 1.05 bits per heavy atom. The molecular weight excluding hydrogens is 276 g/mol. The highest BCUT2D eigenvalue weighted by atomic mass is 32.1. The van der Waals surface area contributed by atoms with E-state index in [4.69, 9.17) is 5.84 Å². The van der Waals surface area contributed by atoms with E-state index in [2.05, 4.69) is 66.9 Å². The number of hydrogen-bond acceptors (Lipinski definition) is 3. The zero-order valence-electron chi connectivity index (χ0n) is 12.2. The van der Waals surface area contributed by atoms with Crippen LogP contribution in [0.1, 0.15) is 29.0 Å². The maximum absolute atomic E-state index is 5.79. The van der Waals surface area contributed by atoms with Gasteiger partial charge in [-0.3, -0.25) is 11.3 Å². The number of nitrogens with one attached hydrogen (secondary N) is 1. The number of nitrogens with two attached hydrogens (primary N) is 1. The number of aryl methyl sites for hydroxylation is 1. The van der Waals surface area contributed by atoms with Crippen molar-refractivity contribution in [1.29, 1.82) is 0 Å². The molecule has 1 unspecified atom stereocenters. The minimum Gasteiger partial charge on any atom is -0.271 e. The van der Waals surface area contributed by atoms with Crippen LogP contribution in [0.3, 0.4) is 0 Å². The van der Waals surface area contributed by atoms with Gasteiger partial charge in [0.15, 0.2) is 0 Å². The molecule has 0 radical (unpaired) electrons. The van der Waals surface area contributed by atoms with Crippen molar-refractivity contribution in [3.8, 4) is 0 Å². The summed E-state index contributed by atoms with van der Waals surface area (Å²) in [5, 5.41) is 1.29. The van der Waals surface area contributed by atoms with Gasteiger partial charge in [0.2, 0.25) is 0 Å². The minimum atomic E-state index is 0.162. The van der Waals surface area contributed by atoms with E-state index in [1.54, 1.807) is 0 Å². The summed E-state index contributed by atoms with van der Waals surface area (Å²) in [6.45, 7) is 2.18. The van der Waals surface area contributed by atoms with Crippen LogP contribution in [0.4, 0.5) is 0 Å². The van der Waals surface area contributed by atoms with Crippen molar-refractivity contribution in [2.75, 3.05) is 0 Å². The van der Waals surface area contributed by atoms with Gasteiger partial charge in [0.05, 0.1) is 6.04 Å². The monoisotopic (exact) mass is 296 g/mol. The van der Waals surface area contributed by atoms with Crippen LogP contribution in [-0.2, 0) is 12.8 Å². The molecule has 1 heterocycles. The number of rotatable bonds is 5. The van der Waals surface area contributed by atoms with Crippen molar-refractivity contribution in [2.45, 2.75) is 25.8 Å². The molecule has 3 aromatic rings. The summed E-state index contributed by atoms with van der Waals surface area (Å²) in [5.41, 5.74) is 5.65. The van der Waals surface area contributed by atoms with E-state index >= 15 is 0 Å². The molecule has 0 saturated carbocycles. The van der Waals surface area contributed by atoms with Crippen LogP contribution in [0, 0.1) is 0 Å². The molecule has 0 bridgehead atoms. The third kappa shape index (κ3) is 3.16. The van der Waals surface area contributed by atoms with Crippen LogP contribution >= 0.6 is 11.3 Å². The van der Waals surface area contributed by atoms with Crippen LogP contribution in [0.25, 0.3) is 10.1 Å². The predicted molar refractivity (Wildman–Crippen MR) is 91.4 cm³/mol. The number of benzene rings is 2. The molecule has 21 heavy (non-hydrogen) atoms. The quantitative estimate of drug-likeness (QED) is 0.547. The van der Waals surface area contributed by atoms with Crippen LogP contribution in [0.5, 0.6) is 0 Å². The first-order valence-electron chi connectivity index (χ1n) is 7.32. The van der Waals surface area contributed by atoms with Crippen LogP contribution < -0.4 is 11.3 Å². The van der Waals surface area contributed by atoms with Crippen molar-refractivity contribution in [3.63, 3.8) is 0 Å². The first-order valence-corrected chi connectivity index (χ1v) is 8.14. The Morgan fingerprint density at radius 3 is 2.43 bits per heavy atom. The second-order valence-corrected chi connectivity index (χ2v) is 6.40. The molecule has 0 spiro atoms. The Hall–Kier alpha value is -1.68. The minimum absolute atomic E-state index is 0.162. The van der Waals surface area contributed by atoms with Gasteiger partial charge in [-0.1, -0.05) is 49.4 Å². The lowest BCUT2D eigenvalue weighted by Gasteiger charge is -2.14. The summed E-state index contributed by atoms with van der Waals surface area (Å²) in [4.78, 5) is 1.29. The van der Waals surface area contributed by atoms with Crippen LogP contribution in [0.2, 0.25) is 0 Å². The summed E-state index contributed by atoms with van der Waals surface area (Å²) in [6.07, 6.45) is 1.99. The molecule has 3 heteroatoms. The molecule has 0 fully saturated rings. The van der Waals surface area contributed by atoms with E-state index in [9.17, 15) is 0 Å². The lowest BCUT2D eigenvalue weighted by Crippen LogP contribution is -2.28. The van der Waals surface area contributed by atoms with Gasteiger partial charge in [0, 0.05) is 9.58 Å². The third-order valence-corrected chi connectivity index (χ3v) is 5.09. The average Bonchev–Trinajstić information content (AvgIpc) is 2.97. The normalized spacial score (nSPS) is 12.7. The summed E-state index contributed by atoms with van der Waals surface area (Å²) in [6, 6.07) is 19.7. The lowest BCUT2D eigenvalue weighted by molar-refractivity contribution is 0.561. The molecule has 0 aliphatic heterocycles. The first kappa shape index (κ1) is 14.3. The molecule has 3 N–H and O–H groups in total. The van der Waals surface area contributed by atoms with E-state index in [-0.39, 0.29) is 6.04 Å². The summed E-state index contributed by atoms with van der Waals surface area (Å²) >= 11 is 1.81. The van der Waals surface area contributed by atoms with Gasteiger partial charge in [0.25, 0.3) is 0 Å². The summed E-state index contributed by atoms with van der Waals surface area (Å²) in [7, 11) is 0. The van der Waals surface area contributed by atoms with E-state index in [1.807, 2.05) is 11.3 Å². The molecule has 2 aromatic carbocycles. The fourth-order valence-electron chi connectivity index (χ4n) is 2.56. The van der Waals surface area contributed by atoms with E-state index < -0.39 is 0 Å². The fourth-order valence-corrected chi connectivity index (χ4v) is 3.69. The molecule has 0 saturated heterocycles. The van der Waals surface area contributed by atoms with Gasteiger partial charge < -0.3 is 0 Å². The Kier molecular flexibility index (Phi) is 4.34. The maximum atomic E-state index is 5.79. The molecule has 0 amide bonds. The van der Waals surface area contributed by atoms with E-state index in [1.165, 1.54) is 26.1 Å². The van der Waals surface area contributed by atoms with Crippen LogP contribution in [0.15, 0.2) is 54.6 Å². The van der Waals surface area contributed by atoms with Crippen molar-refractivity contribution < 1.29 is 0 Å².